The first-order chi connectivity index (χ1) is 8.70. The van der Waals surface area contributed by atoms with Gasteiger partial charge in [-0.05, 0) is 24.1 Å². The largest absolute Gasteiger partial charge is 0.496 e. The maximum absolute atomic E-state index is 11.0. The van der Waals surface area contributed by atoms with Gasteiger partial charge in [0.1, 0.15) is 11.5 Å². The molecule has 0 heterocycles. The van der Waals surface area contributed by atoms with Gasteiger partial charge in [-0.1, -0.05) is 42.5 Å². The Morgan fingerprint density at radius 2 is 1.72 bits per heavy atom. The van der Waals surface area contributed by atoms with Gasteiger partial charge in [0.2, 0.25) is 0 Å². The first-order valence-electron chi connectivity index (χ1n) is 5.92. The van der Waals surface area contributed by atoms with Crippen molar-refractivity contribution in [2.75, 3.05) is 7.11 Å². The smallest absolute Gasteiger partial charge is 0.134 e. The third-order valence-corrected chi connectivity index (χ3v) is 2.82. The van der Waals surface area contributed by atoms with Gasteiger partial charge in [-0.2, -0.15) is 0 Å². The number of carbonyl (C=O) groups is 1. The van der Waals surface area contributed by atoms with Gasteiger partial charge in [0.25, 0.3) is 0 Å². The fourth-order valence-corrected chi connectivity index (χ4v) is 1.97. The van der Waals surface area contributed by atoms with Crippen LogP contribution < -0.4 is 4.74 Å². The Morgan fingerprint density at radius 3 is 2.33 bits per heavy atom. The van der Waals surface area contributed by atoms with Crippen LogP contribution in [-0.4, -0.2) is 12.9 Å². The van der Waals surface area contributed by atoms with Crippen LogP contribution in [0, 0.1) is 0 Å². The quantitative estimate of drug-likeness (QED) is 0.817. The number of para-hydroxylation sites is 1. The van der Waals surface area contributed by atoms with E-state index in [0.29, 0.717) is 6.42 Å². The van der Waals surface area contributed by atoms with Crippen LogP contribution in [0.2, 0.25) is 0 Å². The second-order valence-corrected chi connectivity index (χ2v) is 4.28. The van der Waals surface area contributed by atoms with Crippen molar-refractivity contribution in [3.05, 3.63) is 54.1 Å². The monoisotopic (exact) mass is 240 g/mol. The van der Waals surface area contributed by atoms with E-state index in [-0.39, 0.29) is 5.78 Å². The summed E-state index contributed by atoms with van der Waals surface area (Å²) in [5.41, 5.74) is 3.20. The Kier molecular flexibility index (Phi) is 3.78. The Bertz CT molecular complexity index is 541. The molecule has 2 nitrogen and oxygen atoms in total. The second kappa shape index (κ2) is 5.50. The molecule has 0 radical (unpaired) electrons. The molecule has 0 amide bonds. The summed E-state index contributed by atoms with van der Waals surface area (Å²) in [6, 6.07) is 15.9. The molecule has 2 rings (SSSR count). The molecule has 0 bridgehead atoms. The van der Waals surface area contributed by atoms with E-state index in [4.69, 9.17) is 4.74 Å². The fraction of sp³-hybridized carbons (Fsp3) is 0.188. The van der Waals surface area contributed by atoms with Crippen LogP contribution in [0.3, 0.4) is 0 Å². The standard InChI is InChI=1S/C16H16O2/c1-12(17)11-13-7-9-14(10-8-13)15-5-3-4-6-16(15)18-2/h3-10H,11H2,1-2H3. The second-order valence-electron chi connectivity index (χ2n) is 4.28. The highest BCUT2D eigenvalue weighted by Gasteiger charge is 2.05. The van der Waals surface area contributed by atoms with Gasteiger partial charge < -0.3 is 4.74 Å². The number of methoxy groups -OCH3 is 1. The molecule has 0 fully saturated rings. The molecule has 2 aromatic rings. The molecule has 0 saturated heterocycles. The van der Waals surface area contributed by atoms with Gasteiger partial charge in [-0.3, -0.25) is 4.79 Å². The van der Waals surface area contributed by atoms with Crippen LogP contribution in [0.1, 0.15) is 12.5 Å². The number of benzene rings is 2. The minimum atomic E-state index is 0.181. The molecule has 0 saturated carbocycles. The molecule has 0 aromatic heterocycles. The number of rotatable bonds is 4. The number of carbonyl (C=O) groups excluding carboxylic acids is 1. The molecule has 0 atom stereocenters. The number of hydrogen-bond donors (Lipinski definition) is 0. The van der Waals surface area contributed by atoms with E-state index in [9.17, 15) is 4.79 Å². The molecular formula is C16H16O2. The zero-order chi connectivity index (χ0) is 13.0. The van der Waals surface area contributed by atoms with E-state index in [2.05, 4.69) is 0 Å². The molecule has 2 aromatic carbocycles. The van der Waals surface area contributed by atoms with Crippen LogP contribution in [-0.2, 0) is 11.2 Å². The maximum atomic E-state index is 11.0. The molecule has 92 valence electrons. The van der Waals surface area contributed by atoms with Crippen molar-refractivity contribution in [1.82, 2.24) is 0 Å². The third-order valence-electron chi connectivity index (χ3n) is 2.82. The number of Topliss-reactive ketones (excluding diaryl/α,β-unsaturated/α-hetero) is 1. The Morgan fingerprint density at radius 1 is 1.06 bits per heavy atom. The lowest BCUT2D eigenvalue weighted by Gasteiger charge is -2.08. The summed E-state index contributed by atoms with van der Waals surface area (Å²) in [6.07, 6.45) is 0.492. The molecular weight excluding hydrogens is 224 g/mol. The van der Waals surface area contributed by atoms with E-state index >= 15 is 0 Å². The highest BCUT2D eigenvalue weighted by molar-refractivity contribution is 5.78. The zero-order valence-electron chi connectivity index (χ0n) is 10.6. The molecule has 0 unspecified atom stereocenters. The summed E-state index contributed by atoms with van der Waals surface area (Å²) in [4.78, 5) is 11.0. The van der Waals surface area contributed by atoms with Crippen molar-refractivity contribution in [2.24, 2.45) is 0 Å². The van der Waals surface area contributed by atoms with Gasteiger partial charge >= 0.3 is 0 Å². The zero-order valence-corrected chi connectivity index (χ0v) is 10.6. The van der Waals surface area contributed by atoms with E-state index in [1.54, 1.807) is 14.0 Å². The SMILES string of the molecule is COc1ccccc1-c1ccc(CC(C)=O)cc1. The van der Waals surface area contributed by atoms with Crippen molar-refractivity contribution >= 4 is 5.78 Å². The first kappa shape index (κ1) is 12.4. The van der Waals surface area contributed by atoms with Crippen LogP contribution >= 0.6 is 0 Å². The average molecular weight is 240 g/mol. The maximum Gasteiger partial charge on any atom is 0.134 e. The Hall–Kier alpha value is -2.09. The molecule has 0 aliphatic heterocycles. The molecule has 0 aliphatic carbocycles. The minimum absolute atomic E-state index is 0.181. The molecule has 2 heteroatoms. The average Bonchev–Trinajstić information content (AvgIpc) is 2.39. The molecule has 0 spiro atoms. The highest BCUT2D eigenvalue weighted by atomic mass is 16.5. The summed E-state index contributed by atoms with van der Waals surface area (Å²) < 4.78 is 5.34. The van der Waals surface area contributed by atoms with Crippen molar-refractivity contribution in [2.45, 2.75) is 13.3 Å². The Labute approximate surface area is 107 Å². The predicted molar refractivity (Wildman–Crippen MR) is 72.8 cm³/mol. The summed E-state index contributed by atoms with van der Waals surface area (Å²) in [6.45, 7) is 1.61. The van der Waals surface area contributed by atoms with Crippen LogP contribution in [0.5, 0.6) is 5.75 Å². The lowest BCUT2D eigenvalue weighted by Crippen LogP contribution is -1.95. The summed E-state index contributed by atoms with van der Waals surface area (Å²) in [5.74, 6) is 1.04. The number of ether oxygens (including phenoxy) is 1. The number of hydrogen-bond acceptors (Lipinski definition) is 2. The molecule has 0 N–H and O–H groups in total. The lowest BCUT2D eigenvalue weighted by molar-refractivity contribution is -0.116. The van der Waals surface area contributed by atoms with Crippen LogP contribution in [0.4, 0.5) is 0 Å². The lowest BCUT2D eigenvalue weighted by atomic mass is 10.0. The van der Waals surface area contributed by atoms with Gasteiger partial charge in [-0.15, -0.1) is 0 Å². The topological polar surface area (TPSA) is 26.3 Å². The van der Waals surface area contributed by atoms with E-state index in [1.807, 2.05) is 48.5 Å². The van der Waals surface area contributed by atoms with Gasteiger partial charge in [0, 0.05) is 12.0 Å². The van der Waals surface area contributed by atoms with Gasteiger partial charge in [0.15, 0.2) is 0 Å². The van der Waals surface area contributed by atoms with Crippen molar-refractivity contribution in [1.29, 1.82) is 0 Å². The van der Waals surface area contributed by atoms with E-state index in [1.165, 1.54) is 0 Å². The summed E-state index contributed by atoms with van der Waals surface area (Å²) in [7, 11) is 1.67. The summed E-state index contributed by atoms with van der Waals surface area (Å²) >= 11 is 0. The normalized spacial score (nSPS) is 10.1. The van der Waals surface area contributed by atoms with Crippen LogP contribution in [0.15, 0.2) is 48.5 Å². The van der Waals surface area contributed by atoms with Gasteiger partial charge in [0.05, 0.1) is 7.11 Å². The van der Waals surface area contributed by atoms with E-state index in [0.717, 1.165) is 22.4 Å². The predicted octanol–water partition coefficient (Wildman–Crippen LogP) is 3.49. The van der Waals surface area contributed by atoms with Gasteiger partial charge in [-0.25, -0.2) is 0 Å². The first-order valence-corrected chi connectivity index (χ1v) is 5.92. The van der Waals surface area contributed by atoms with Crippen molar-refractivity contribution in [3.8, 4) is 16.9 Å². The highest BCUT2D eigenvalue weighted by Crippen LogP contribution is 2.29. The fourth-order valence-electron chi connectivity index (χ4n) is 1.97. The van der Waals surface area contributed by atoms with Crippen LogP contribution in [0.25, 0.3) is 11.1 Å². The van der Waals surface area contributed by atoms with Crippen molar-refractivity contribution in [3.63, 3.8) is 0 Å². The third kappa shape index (κ3) is 2.77. The van der Waals surface area contributed by atoms with E-state index < -0.39 is 0 Å². The molecule has 0 aliphatic rings. The Balaban J connectivity index is 2.31. The van der Waals surface area contributed by atoms with Crippen molar-refractivity contribution < 1.29 is 9.53 Å². The minimum Gasteiger partial charge on any atom is -0.496 e. The number of ketones is 1. The summed E-state index contributed by atoms with van der Waals surface area (Å²) in [5, 5.41) is 0. The molecule has 18 heavy (non-hydrogen) atoms.